The van der Waals surface area contributed by atoms with E-state index >= 15 is 0 Å². The van der Waals surface area contributed by atoms with Gasteiger partial charge in [-0.25, -0.2) is 12.7 Å². The summed E-state index contributed by atoms with van der Waals surface area (Å²) in [6, 6.07) is 11.9. The molecule has 2 aromatic rings. The third kappa shape index (κ3) is 4.41. The molecule has 2 aliphatic rings. The molecule has 0 unspecified atom stereocenters. The van der Waals surface area contributed by atoms with E-state index < -0.39 is 27.8 Å². The Kier molecular flexibility index (Phi) is 5.94. The number of carbonyl (C=O) groups is 2. The minimum Gasteiger partial charge on any atom is -0.372 e. The molecule has 164 valence electrons. The number of amides is 2. The van der Waals surface area contributed by atoms with E-state index in [1.54, 1.807) is 6.92 Å². The third-order valence-corrected chi connectivity index (χ3v) is 7.82. The Morgan fingerprint density at radius 1 is 1.03 bits per heavy atom. The van der Waals surface area contributed by atoms with Crippen LogP contribution in [-0.4, -0.2) is 39.1 Å². The summed E-state index contributed by atoms with van der Waals surface area (Å²) < 4.78 is 25.3. The van der Waals surface area contributed by atoms with Crippen molar-refractivity contribution in [1.29, 1.82) is 0 Å². The SMILES string of the molecule is C[C@H]1CS(=O)(=O)N(c2ccc(C(=O)Nc3ccc(N4CCCCC4)cc3)c(Cl)c2)C1=O. The summed E-state index contributed by atoms with van der Waals surface area (Å²) in [7, 11) is -3.73. The molecule has 1 N–H and O–H groups in total. The summed E-state index contributed by atoms with van der Waals surface area (Å²) >= 11 is 6.27. The topological polar surface area (TPSA) is 86.8 Å². The lowest BCUT2D eigenvalue weighted by Crippen LogP contribution is -2.30. The molecule has 0 saturated carbocycles. The number of nitrogens with zero attached hydrogens (tertiary/aromatic N) is 2. The predicted octanol–water partition coefficient (Wildman–Crippen LogP) is 3.90. The van der Waals surface area contributed by atoms with Gasteiger partial charge in [0.2, 0.25) is 15.9 Å². The molecule has 2 aliphatic heterocycles. The molecule has 0 aliphatic carbocycles. The van der Waals surface area contributed by atoms with Crippen LogP contribution in [0.15, 0.2) is 42.5 Å². The molecule has 7 nitrogen and oxygen atoms in total. The molecular weight excluding hydrogens is 438 g/mol. The summed E-state index contributed by atoms with van der Waals surface area (Å²) in [4.78, 5) is 27.3. The van der Waals surface area contributed by atoms with Crippen molar-refractivity contribution < 1.29 is 18.0 Å². The largest absolute Gasteiger partial charge is 0.372 e. The van der Waals surface area contributed by atoms with Crippen molar-refractivity contribution in [3.05, 3.63) is 53.1 Å². The van der Waals surface area contributed by atoms with Gasteiger partial charge in [-0.15, -0.1) is 0 Å². The van der Waals surface area contributed by atoms with Crippen molar-refractivity contribution in [2.75, 3.05) is 33.4 Å². The molecular formula is C22H24ClN3O4S. The van der Waals surface area contributed by atoms with Crippen LogP contribution in [0, 0.1) is 5.92 Å². The number of halogens is 1. The number of nitrogens with one attached hydrogen (secondary N) is 1. The number of anilines is 3. The molecule has 1 atom stereocenters. The van der Waals surface area contributed by atoms with Crippen molar-refractivity contribution >= 4 is 50.5 Å². The zero-order valence-electron chi connectivity index (χ0n) is 17.2. The van der Waals surface area contributed by atoms with Gasteiger partial charge in [-0.1, -0.05) is 18.5 Å². The summed E-state index contributed by atoms with van der Waals surface area (Å²) in [5, 5.41) is 2.88. The second-order valence-corrected chi connectivity index (χ2v) is 10.3. The smallest absolute Gasteiger partial charge is 0.257 e. The summed E-state index contributed by atoms with van der Waals surface area (Å²) in [6.45, 7) is 3.66. The van der Waals surface area contributed by atoms with Crippen molar-refractivity contribution in [2.45, 2.75) is 26.2 Å². The van der Waals surface area contributed by atoms with E-state index in [-0.39, 0.29) is 22.0 Å². The highest BCUT2D eigenvalue weighted by atomic mass is 35.5. The van der Waals surface area contributed by atoms with Gasteiger partial charge >= 0.3 is 0 Å². The van der Waals surface area contributed by atoms with Gasteiger partial charge in [0.15, 0.2) is 0 Å². The summed E-state index contributed by atoms with van der Waals surface area (Å²) in [5.74, 6) is -1.76. The maximum absolute atomic E-state index is 12.7. The molecule has 2 fully saturated rings. The van der Waals surface area contributed by atoms with Crippen LogP contribution < -0.4 is 14.5 Å². The molecule has 2 amide bonds. The van der Waals surface area contributed by atoms with Gasteiger partial charge < -0.3 is 10.2 Å². The lowest BCUT2D eigenvalue weighted by Gasteiger charge is -2.28. The van der Waals surface area contributed by atoms with Crippen LogP contribution in [0.1, 0.15) is 36.5 Å². The van der Waals surface area contributed by atoms with Gasteiger partial charge in [0, 0.05) is 24.5 Å². The molecule has 9 heteroatoms. The van der Waals surface area contributed by atoms with Crippen LogP contribution in [0.25, 0.3) is 0 Å². The molecule has 0 spiro atoms. The fraction of sp³-hybridized carbons (Fsp3) is 0.364. The average Bonchev–Trinajstić information content (AvgIpc) is 2.95. The number of hydrogen-bond donors (Lipinski definition) is 1. The Labute approximate surface area is 187 Å². The Bertz CT molecular complexity index is 1110. The van der Waals surface area contributed by atoms with Crippen molar-refractivity contribution in [2.24, 2.45) is 5.92 Å². The molecule has 31 heavy (non-hydrogen) atoms. The predicted molar refractivity (Wildman–Crippen MR) is 122 cm³/mol. The Morgan fingerprint density at radius 2 is 1.68 bits per heavy atom. The van der Waals surface area contributed by atoms with Crippen LogP contribution in [0.5, 0.6) is 0 Å². The van der Waals surface area contributed by atoms with Gasteiger partial charge in [-0.05, 0) is 61.7 Å². The van der Waals surface area contributed by atoms with Crippen molar-refractivity contribution in [3.8, 4) is 0 Å². The molecule has 2 heterocycles. The fourth-order valence-corrected chi connectivity index (χ4v) is 6.08. The maximum Gasteiger partial charge on any atom is 0.257 e. The van der Waals surface area contributed by atoms with E-state index in [1.807, 2.05) is 24.3 Å². The number of benzene rings is 2. The van der Waals surface area contributed by atoms with Crippen molar-refractivity contribution in [1.82, 2.24) is 0 Å². The fourth-order valence-electron chi connectivity index (χ4n) is 4.01. The van der Waals surface area contributed by atoms with Crippen molar-refractivity contribution in [3.63, 3.8) is 0 Å². The van der Waals surface area contributed by atoms with Crippen LogP contribution in [-0.2, 0) is 14.8 Å². The minimum absolute atomic E-state index is 0.0717. The quantitative estimate of drug-likeness (QED) is 0.746. The molecule has 0 aromatic heterocycles. The standard InChI is InChI=1S/C22H24ClN3O4S/c1-15-14-31(29,30)26(22(15)28)18-9-10-19(20(23)13-18)21(27)24-16-5-7-17(8-6-16)25-11-3-2-4-12-25/h5-10,13,15H,2-4,11-12,14H2,1H3,(H,24,27)/t15-/m0/s1. The van der Waals surface area contributed by atoms with E-state index in [1.165, 1.54) is 37.5 Å². The number of hydrogen-bond acceptors (Lipinski definition) is 5. The molecule has 0 radical (unpaired) electrons. The maximum atomic E-state index is 12.7. The van der Waals surface area contributed by atoms with E-state index in [0.29, 0.717) is 5.69 Å². The highest BCUT2D eigenvalue weighted by Gasteiger charge is 2.42. The van der Waals surface area contributed by atoms with Crippen LogP contribution in [0.2, 0.25) is 5.02 Å². The zero-order chi connectivity index (χ0) is 22.2. The first-order valence-electron chi connectivity index (χ1n) is 10.3. The Morgan fingerprint density at radius 3 is 2.26 bits per heavy atom. The Balaban J connectivity index is 1.48. The summed E-state index contributed by atoms with van der Waals surface area (Å²) in [6.07, 6.45) is 3.65. The highest BCUT2D eigenvalue weighted by molar-refractivity contribution is 7.94. The minimum atomic E-state index is -3.73. The van der Waals surface area contributed by atoms with Crippen LogP contribution in [0.3, 0.4) is 0 Å². The molecule has 0 bridgehead atoms. The van der Waals surface area contributed by atoms with Gasteiger partial charge in [0.05, 0.1) is 27.9 Å². The third-order valence-electron chi connectivity index (χ3n) is 5.64. The van der Waals surface area contributed by atoms with Crippen LogP contribution >= 0.6 is 11.6 Å². The van der Waals surface area contributed by atoms with E-state index in [0.717, 1.165) is 23.1 Å². The lowest BCUT2D eigenvalue weighted by atomic mass is 10.1. The molecule has 2 aromatic carbocycles. The second kappa shape index (κ2) is 8.51. The molecule has 4 rings (SSSR count). The second-order valence-electron chi connectivity index (χ2n) is 8.00. The molecule has 2 saturated heterocycles. The van der Waals surface area contributed by atoms with Gasteiger partial charge in [0.1, 0.15) is 0 Å². The first-order chi connectivity index (χ1) is 14.8. The van der Waals surface area contributed by atoms with Gasteiger partial charge in [-0.2, -0.15) is 0 Å². The van der Waals surface area contributed by atoms with Crippen LogP contribution in [0.4, 0.5) is 17.1 Å². The van der Waals surface area contributed by atoms with Gasteiger partial charge in [-0.3, -0.25) is 9.59 Å². The van der Waals surface area contributed by atoms with E-state index in [9.17, 15) is 18.0 Å². The first kappa shape index (κ1) is 21.6. The number of carbonyl (C=O) groups excluding carboxylic acids is 2. The number of rotatable bonds is 4. The lowest BCUT2D eigenvalue weighted by molar-refractivity contribution is -0.119. The number of sulfonamides is 1. The van der Waals surface area contributed by atoms with E-state index in [4.69, 9.17) is 11.6 Å². The van der Waals surface area contributed by atoms with E-state index in [2.05, 4.69) is 10.2 Å². The van der Waals surface area contributed by atoms with Gasteiger partial charge in [0.25, 0.3) is 5.91 Å². The zero-order valence-corrected chi connectivity index (χ0v) is 18.7. The summed E-state index contributed by atoms with van der Waals surface area (Å²) in [5.41, 5.74) is 2.10. The Hall–Kier alpha value is -2.58. The first-order valence-corrected chi connectivity index (χ1v) is 12.3. The normalized spacial score (nSPS) is 20.7. The monoisotopic (exact) mass is 461 g/mol. The number of piperidine rings is 1. The highest BCUT2D eigenvalue weighted by Crippen LogP contribution is 2.32. The average molecular weight is 462 g/mol.